The summed E-state index contributed by atoms with van der Waals surface area (Å²) in [5, 5.41) is 0.427. The Morgan fingerprint density at radius 2 is 1.88 bits per heavy atom. The molecule has 4 rings (SSSR count). The number of rotatable bonds is 4. The van der Waals surface area contributed by atoms with Crippen molar-refractivity contribution in [2.45, 2.75) is 13.3 Å². The summed E-state index contributed by atoms with van der Waals surface area (Å²) >= 11 is 6.28. The fraction of sp³-hybridized carbons (Fsp3) is 0.348. The molecule has 3 heterocycles. The molecule has 1 saturated heterocycles. The highest BCUT2D eigenvalue weighted by Crippen LogP contribution is 2.33. The van der Waals surface area contributed by atoms with Crippen LogP contribution in [0.3, 0.4) is 0 Å². The maximum atomic E-state index is 14.8. The lowest BCUT2D eigenvalue weighted by molar-refractivity contribution is 0.0560. The van der Waals surface area contributed by atoms with Gasteiger partial charge >= 0.3 is 6.09 Å². The van der Waals surface area contributed by atoms with Crippen molar-refractivity contribution in [1.82, 2.24) is 19.4 Å². The summed E-state index contributed by atoms with van der Waals surface area (Å²) in [5.74, 6) is -0.757. The number of carbonyl (C=O) groups is 2. The van der Waals surface area contributed by atoms with Crippen LogP contribution >= 0.6 is 11.6 Å². The Bertz CT molecular complexity index is 1170. The summed E-state index contributed by atoms with van der Waals surface area (Å²) in [6.07, 6.45) is 3.97. The minimum Gasteiger partial charge on any atom is -0.449 e. The molecule has 0 atom stereocenters. The summed E-state index contributed by atoms with van der Waals surface area (Å²) in [6.45, 7) is 3.96. The van der Waals surface area contributed by atoms with Crippen LogP contribution in [0.15, 0.2) is 36.7 Å². The summed E-state index contributed by atoms with van der Waals surface area (Å²) in [6, 6.07) is 6.64. The molecule has 1 aliphatic rings. The van der Waals surface area contributed by atoms with E-state index in [0.717, 1.165) is 6.42 Å². The summed E-state index contributed by atoms with van der Waals surface area (Å²) < 4.78 is 21.8. The number of nitrogens with zero attached hydrogens (tertiary/aromatic N) is 4. The SMILES string of the molecule is CCCOC(=O)N1CCN(C(=O)c2ccc3c(Cl)c(F)c(-c4ccn(C)c4)nc3c2)CC1. The molecule has 168 valence electrons. The Labute approximate surface area is 190 Å². The van der Waals surface area contributed by atoms with Crippen LogP contribution in [0.4, 0.5) is 9.18 Å². The van der Waals surface area contributed by atoms with E-state index in [0.29, 0.717) is 54.8 Å². The molecule has 0 bridgehead atoms. The first-order valence-corrected chi connectivity index (χ1v) is 10.9. The molecule has 2 aromatic heterocycles. The summed E-state index contributed by atoms with van der Waals surface area (Å²) in [4.78, 5) is 32.8. The minimum absolute atomic E-state index is 0.0212. The second-order valence-corrected chi connectivity index (χ2v) is 8.16. The lowest BCUT2D eigenvalue weighted by atomic mass is 10.1. The minimum atomic E-state index is -0.587. The predicted octanol–water partition coefficient (Wildman–Crippen LogP) is 4.34. The molecule has 1 aromatic carbocycles. The number of pyridine rings is 1. The van der Waals surface area contributed by atoms with Crippen LogP contribution in [0.1, 0.15) is 23.7 Å². The Hall–Kier alpha value is -3.13. The maximum absolute atomic E-state index is 14.8. The maximum Gasteiger partial charge on any atom is 0.409 e. The van der Waals surface area contributed by atoms with Crippen molar-refractivity contribution in [2.24, 2.45) is 7.05 Å². The number of ether oxygens (including phenoxy) is 1. The van der Waals surface area contributed by atoms with E-state index in [9.17, 15) is 14.0 Å². The second-order valence-electron chi connectivity index (χ2n) is 7.78. The average molecular weight is 459 g/mol. The zero-order valence-electron chi connectivity index (χ0n) is 18.0. The van der Waals surface area contributed by atoms with Crippen LogP contribution in [-0.2, 0) is 11.8 Å². The largest absolute Gasteiger partial charge is 0.449 e. The van der Waals surface area contributed by atoms with E-state index in [1.54, 1.807) is 51.0 Å². The number of amides is 2. The van der Waals surface area contributed by atoms with E-state index in [-0.39, 0.29) is 22.7 Å². The third-order valence-corrected chi connectivity index (χ3v) is 5.84. The molecule has 2 amide bonds. The van der Waals surface area contributed by atoms with Crippen LogP contribution in [-0.4, -0.2) is 64.1 Å². The van der Waals surface area contributed by atoms with Gasteiger partial charge in [-0.25, -0.2) is 14.2 Å². The number of hydrogen-bond acceptors (Lipinski definition) is 4. The molecule has 9 heteroatoms. The van der Waals surface area contributed by atoms with Crippen molar-refractivity contribution in [3.05, 3.63) is 53.1 Å². The molecule has 0 radical (unpaired) electrons. The lowest BCUT2D eigenvalue weighted by Crippen LogP contribution is -2.50. The second kappa shape index (κ2) is 9.16. The van der Waals surface area contributed by atoms with Crippen LogP contribution in [0, 0.1) is 5.82 Å². The van der Waals surface area contributed by atoms with E-state index >= 15 is 0 Å². The lowest BCUT2D eigenvalue weighted by Gasteiger charge is -2.34. The third kappa shape index (κ3) is 4.27. The van der Waals surface area contributed by atoms with Crippen molar-refractivity contribution in [2.75, 3.05) is 32.8 Å². The first-order valence-electron chi connectivity index (χ1n) is 10.5. The topological polar surface area (TPSA) is 67.7 Å². The van der Waals surface area contributed by atoms with Crippen molar-refractivity contribution in [3.8, 4) is 11.3 Å². The van der Waals surface area contributed by atoms with Gasteiger partial charge in [-0.1, -0.05) is 24.6 Å². The Kier molecular flexibility index (Phi) is 6.32. The number of hydrogen-bond donors (Lipinski definition) is 0. The van der Waals surface area contributed by atoms with Gasteiger partial charge in [0.05, 0.1) is 17.1 Å². The molecular weight excluding hydrogens is 435 g/mol. The first-order chi connectivity index (χ1) is 15.4. The molecule has 0 aliphatic carbocycles. The number of piperazine rings is 1. The van der Waals surface area contributed by atoms with Crippen LogP contribution in [0.25, 0.3) is 22.2 Å². The van der Waals surface area contributed by atoms with E-state index in [1.165, 1.54) is 0 Å². The molecule has 1 aliphatic heterocycles. The molecule has 32 heavy (non-hydrogen) atoms. The van der Waals surface area contributed by atoms with Gasteiger partial charge in [0, 0.05) is 62.1 Å². The van der Waals surface area contributed by atoms with Gasteiger partial charge < -0.3 is 19.1 Å². The quantitative estimate of drug-likeness (QED) is 0.583. The van der Waals surface area contributed by atoms with E-state index in [1.807, 2.05) is 14.0 Å². The van der Waals surface area contributed by atoms with Crippen molar-refractivity contribution >= 4 is 34.5 Å². The van der Waals surface area contributed by atoms with Gasteiger partial charge in [-0.15, -0.1) is 0 Å². The van der Waals surface area contributed by atoms with Crippen molar-refractivity contribution in [3.63, 3.8) is 0 Å². The summed E-state index contributed by atoms with van der Waals surface area (Å²) in [7, 11) is 1.84. The summed E-state index contributed by atoms with van der Waals surface area (Å²) in [5.41, 5.74) is 1.64. The highest BCUT2D eigenvalue weighted by Gasteiger charge is 2.26. The van der Waals surface area contributed by atoms with E-state index in [2.05, 4.69) is 4.98 Å². The highest BCUT2D eigenvalue weighted by molar-refractivity contribution is 6.35. The zero-order chi connectivity index (χ0) is 22.8. The van der Waals surface area contributed by atoms with Gasteiger partial charge in [0.1, 0.15) is 5.69 Å². The fourth-order valence-corrected chi connectivity index (χ4v) is 3.97. The van der Waals surface area contributed by atoms with Crippen molar-refractivity contribution in [1.29, 1.82) is 0 Å². The molecule has 0 spiro atoms. The molecule has 0 saturated carbocycles. The Balaban J connectivity index is 1.55. The van der Waals surface area contributed by atoms with Gasteiger partial charge in [0.25, 0.3) is 5.91 Å². The standard InChI is InChI=1S/C23H24ClFN4O3/c1-3-12-32-23(31)29-10-8-28(9-11-29)22(30)15-4-5-17-18(13-15)26-21(20(25)19(17)24)16-6-7-27(2)14-16/h4-7,13-14H,3,8-12H2,1-2H3. The first kappa shape index (κ1) is 22.1. The molecule has 3 aromatic rings. The number of benzene rings is 1. The van der Waals surface area contributed by atoms with E-state index < -0.39 is 5.82 Å². The predicted molar refractivity (Wildman–Crippen MR) is 120 cm³/mol. The Morgan fingerprint density at radius 1 is 1.16 bits per heavy atom. The highest BCUT2D eigenvalue weighted by atomic mass is 35.5. The van der Waals surface area contributed by atoms with Crippen LogP contribution in [0.2, 0.25) is 5.02 Å². The van der Waals surface area contributed by atoms with Gasteiger partial charge in [-0.2, -0.15) is 0 Å². The fourth-order valence-electron chi connectivity index (χ4n) is 3.72. The van der Waals surface area contributed by atoms with E-state index in [4.69, 9.17) is 16.3 Å². The molecule has 0 unspecified atom stereocenters. The van der Waals surface area contributed by atoms with Crippen molar-refractivity contribution < 1.29 is 18.7 Å². The number of aromatic nitrogens is 2. The average Bonchev–Trinajstić information content (AvgIpc) is 3.25. The monoisotopic (exact) mass is 458 g/mol. The number of fused-ring (bicyclic) bond motifs is 1. The van der Waals surface area contributed by atoms with Gasteiger partial charge in [-0.05, 0) is 24.6 Å². The number of aryl methyl sites for hydroxylation is 1. The Morgan fingerprint density at radius 3 is 2.53 bits per heavy atom. The van der Waals surface area contributed by atoms with Crippen LogP contribution < -0.4 is 0 Å². The number of carbonyl (C=O) groups excluding carboxylic acids is 2. The molecule has 1 fully saturated rings. The molecular formula is C23H24ClFN4O3. The smallest absolute Gasteiger partial charge is 0.409 e. The van der Waals surface area contributed by atoms with Gasteiger partial charge in [0.15, 0.2) is 5.82 Å². The number of halogens is 2. The van der Waals surface area contributed by atoms with Gasteiger partial charge in [-0.3, -0.25) is 4.79 Å². The van der Waals surface area contributed by atoms with Crippen LogP contribution in [0.5, 0.6) is 0 Å². The molecule has 0 N–H and O–H groups in total. The normalized spacial score (nSPS) is 14.1. The zero-order valence-corrected chi connectivity index (χ0v) is 18.7. The third-order valence-electron chi connectivity index (χ3n) is 5.47. The van der Waals surface area contributed by atoms with Gasteiger partial charge in [0.2, 0.25) is 0 Å². The molecule has 7 nitrogen and oxygen atoms in total.